The first-order valence-corrected chi connectivity index (χ1v) is 19.4. The van der Waals surface area contributed by atoms with Crippen LogP contribution in [0.2, 0.25) is 0 Å². The molecule has 0 radical (unpaired) electrons. The summed E-state index contributed by atoms with van der Waals surface area (Å²) in [5, 5.41) is 5.78. The summed E-state index contributed by atoms with van der Waals surface area (Å²) in [6, 6.07) is 20.2. The average molecular weight is 783 g/mol. The minimum atomic E-state index is -0.907. The van der Waals surface area contributed by atoms with Crippen molar-refractivity contribution in [2.24, 2.45) is 0 Å². The number of hydrogen-bond donors (Lipinski definition) is 2. The fourth-order valence-corrected chi connectivity index (χ4v) is 7.59. The van der Waals surface area contributed by atoms with E-state index in [-0.39, 0.29) is 56.4 Å². The van der Waals surface area contributed by atoms with Gasteiger partial charge in [0, 0.05) is 43.1 Å². The normalized spacial score (nSPS) is 19.1. The monoisotopic (exact) mass is 782 g/mol. The molecule has 4 aromatic rings. The zero-order chi connectivity index (χ0) is 40.1. The van der Waals surface area contributed by atoms with E-state index >= 15 is 8.78 Å². The maximum atomic E-state index is 16.2. The van der Waals surface area contributed by atoms with Crippen molar-refractivity contribution in [2.45, 2.75) is 96.2 Å². The number of aryl methyl sites for hydroxylation is 2. The number of alkyl carbamates (subject to hydrolysis) is 2. The van der Waals surface area contributed by atoms with Gasteiger partial charge in [-0.15, -0.1) is 0 Å². The smallest absolute Gasteiger partial charge is 0.410 e. The Morgan fingerprint density at radius 2 is 1.28 bits per heavy atom. The molecule has 1 saturated heterocycles. The number of nitrogens with zero attached hydrogens (tertiary/aromatic N) is 4. The van der Waals surface area contributed by atoms with Crippen molar-refractivity contribution in [1.82, 2.24) is 25.5 Å². The number of ether oxygens (including phenoxy) is 3. The molecular weight excluding hydrogens is 735 g/mol. The van der Waals surface area contributed by atoms with Gasteiger partial charge in [0.1, 0.15) is 30.3 Å². The Bertz CT molecular complexity index is 2080. The van der Waals surface area contributed by atoms with Gasteiger partial charge >= 0.3 is 18.3 Å². The molecule has 3 unspecified atom stereocenters. The molecular formula is C43H48F2N6O6. The van der Waals surface area contributed by atoms with E-state index in [1.54, 1.807) is 25.7 Å². The SMILES string of the molecule is CC(C)(C)OC(=O)N1CCN(c2nc3c(cc2F)CC(NC(=O)OCc2ccccc2)CC3)CC1c1nc2c(cc1F)CC(NC(=O)OCc1ccccc1)CC2. The van der Waals surface area contributed by atoms with Gasteiger partial charge in [-0.05, 0) is 93.7 Å². The Labute approximate surface area is 330 Å². The second-order valence-electron chi connectivity index (χ2n) is 15.8. The largest absolute Gasteiger partial charge is 0.445 e. The molecule has 12 nitrogen and oxygen atoms in total. The van der Waals surface area contributed by atoms with Gasteiger partial charge in [-0.3, -0.25) is 9.88 Å². The zero-order valence-electron chi connectivity index (χ0n) is 32.4. The number of rotatable bonds is 8. The topological polar surface area (TPSA) is 135 Å². The van der Waals surface area contributed by atoms with Crippen LogP contribution in [0.5, 0.6) is 0 Å². The molecule has 3 heterocycles. The number of aromatic nitrogens is 2. The summed E-state index contributed by atoms with van der Waals surface area (Å²) in [4.78, 5) is 51.4. The van der Waals surface area contributed by atoms with Crippen LogP contribution in [-0.4, -0.2) is 70.5 Å². The minimum absolute atomic E-state index is 0.0273. The lowest BCUT2D eigenvalue weighted by Crippen LogP contribution is -2.53. The van der Waals surface area contributed by atoms with Gasteiger partial charge < -0.3 is 29.7 Å². The molecule has 2 aromatic carbocycles. The second-order valence-corrected chi connectivity index (χ2v) is 15.8. The van der Waals surface area contributed by atoms with E-state index in [2.05, 4.69) is 10.6 Å². The number of amides is 3. The zero-order valence-corrected chi connectivity index (χ0v) is 32.4. The molecule has 0 spiro atoms. The highest BCUT2D eigenvalue weighted by Gasteiger charge is 2.39. The number of nitrogens with one attached hydrogen (secondary N) is 2. The number of carbonyl (C=O) groups excluding carboxylic acids is 3. The summed E-state index contributed by atoms with van der Waals surface area (Å²) in [6.45, 7) is 5.94. The van der Waals surface area contributed by atoms with E-state index in [0.29, 0.717) is 55.3 Å². The number of anilines is 1. The van der Waals surface area contributed by atoms with Crippen molar-refractivity contribution >= 4 is 24.1 Å². The summed E-state index contributed by atoms with van der Waals surface area (Å²) in [6.07, 6.45) is 1.18. The van der Waals surface area contributed by atoms with Gasteiger partial charge in [0.2, 0.25) is 0 Å². The number of halogens is 2. The molecule has 14 heteroatoms. The molecule has 2 N–H and O–H groups in total. The summed E-state index contributed by atoms with van der Waals surface area (Å²) < 4.78 is 48.7. The van der Waals surface area contributed by atoms with Crippen molar-refractivity contribution in [3.8, 4) is 0 Å². The Morgan fingerprint density at radius 1 is 0.754 bits per heavy atom. The second kappa shape index (κ2) is 17.1. The summed E-state index contributed by atoms with van der Waals surface area (Å²) in [5.41, 5.74) is 3.75. The van der Waals surface area contributed by atoms with Crippen LogP contribution in [-0.2, 0) is 53.1 Å². The number of fused-ring (bicyclic) bond motifs is 2. The van der Waals surface area contributed by atoms with Crippen LogP contribution >= 0.6 is 0 Å². The number of piperazine rings is 1. The number of hydrogen-bond acceptors (Lipinski definition) is 9. The number of pyridine rings is 2. The first kappa shape index (κ1) is 39.4. The molecule has 1 aliphatic heterocycles. The molecule has 300 valence electrons. The van der Waals surface area contributed by atoms with Crippen molar-refractivity contribution in [3.05, 3.63) is 124 Å². The van der Waals surface area contributed by atoms with E-state index in [9.17, 15) is 14.4 Å². The van der Waals surface area contributed by atoms with Gasteiger partial charge in [-0.1, -0.05) is 60.7 Å². The first-order chi connectivity index (χ1) is 27.4. The molecule has 7 rings (SSSR count). The first-order valence-electron chi connectivity index (χ1n) is 19.4. The van der Waals surface area contributed by atoms with Gasteiger partial charge in [0.05, 0.1) is 6.04 Å². The van der Waals surface area contributed by atoms with Crippen LogP contribution < -0.4 is 15.5 Å². The van der Waals surface area contributed by atoms with Gasteiger partial charge in [0.25, 0.3) is 0 Å². The van der Waals surface area contributed by atoms with E-state index in [1.165, 1.54) is 17.0 Å². The van der Waals surface area contributed by atoms with Crippen LogP contribution in [0.25, 0.3) is 0 Å². The molecule has 0 bridgehead atoms. The van der Waals surface area contributed by atoms with Gasteiger partial charge in [0.15, 0.2) is 11.6 Å². The fourth-order valence-electron chi connectivity index (χ4n) is 7.59. The number of benzene rings is 2. The fraction of sp³-hybridized carbons (Fsp3) is 0.419. The predicted octanol–water partition coefficient (Wildman–Crippen LogP) is 7.12. The molecule has 3 aliphatic rings. The van der Waals surface area contributed by atoms with Crippen LogP contribution in [0.4, 0.5) is 29.0 Å². The highest BCUT2D eigenvalue weighted by molar-refractivity contribution is 5.70. The van der Waals surface area contributed by atoms with E-state index in [4.69, 9.17) is 24.2 Å². The summed E-state index contributed by atoms with van der Waals surface area (Å²) >= 11 is 0. The van der Waals surface area contributed by atoms with Crippen LogP contribution in [0.1, 0.15) is 79.0 Å². The molecule has 2 aliphatic carbocycles. The van der Waals surface area contributed by atoms with Gasteiger partial charge in [-0.25, -0.2) is 28.1 Å². The van der Waals surface area contributed by atoms with Crippen LogP contribution in [0.15, 0.2) is 72.8 Å². The van der Waals surface area contributed by atoms with Crippen molar-refractivity contribution in [1.29, 1.82) is 0 Å². The lowest BCUT2D eigenvalue weighted by atomic mass is 9.90. The van der Waals surface area contributed by atoms with Crippen LogP contribution in [0, 0.1) is 11.6 Å². The Balaban J connectivity index is 1.04. The van der Waals surface area contributed by atoms with Crippen molar-refractivity contribution < 1.29 is 37.4 Å². The maximum Gasteiger partial charge on any atom is 0.410 e. The Hall–Kier alpha value is -5.79. The summed E-state index contributed by atoms with van der Waals surface area (Å²) in [5.74, 6) is -1.05. The standard InChI is InChI=1S/C43H48F2N6O6/c1-43(2,3)57-42(54)51-19-18-50(39-34(45)23-30-21-32(15-17-36(30)49-39)47-41(53)56-26-28-12-8-5-9-13-28)24-37(51)38-33(44)22-29-20-31(14-16-35(29)48-38)46-40(52)55-25-27-10-6-4-7-11-27/h4-13,22-23,31-32,37H,14-21,24-26H2,1-3H3,(H,46,52)(H,47,53). The van der Waals surface area contributed by atoms with E-state index in [0.717, 1.165) is 16.8 Å². The molecule has 57 heavy (non-hydrogen) atoms. The third-order valence-electron chi connectivity index (χ3n) is 10.4. The highest BCUT2D eigenvalue weighted by atomic mass is 19.1. The molecule has 3 amide bonds. The van der Waals surface area contributed by atoms with E-state index in [1.807, 2.05) is 60.7 Å². The van der Waals surface area contributed by atoms with Crippen molar-refractivity contribution in [3.63, 3.8) is 0 Å². The molecule has 2 aromatic heterocycles. The summed E-state index contributed by atoms with van der Waals surface area (Å²) in [7, 11) is 0. The molecule has 1 fully saturated rings. The number of carbonyl (C=O) groups is 3. The average Bonchev–Trinajstić information content (AvgIpc) is 3.18. The maximum absolute atomic E-state index is 16.2. The third kappa shape index (κ3) is 9.97. The molecule has 3 atom stereocenters. The van der Waals surface area contributed by atoms with Crippen LogP contribution in [0.3, 0.4) is 0 Å². The van der Waals surface area contributed by atoms with E-state index < -0.39 is 41.6 Å². The van der Waals surface area contributed by atoms with Gasteiger partial charge in [-0.2, -0.15) is 0 Å². The highest BCUT2D eigenvalue weighted by Crippen LogP contribution is 2.34. The molecule has 0 saturated carbocycles. The predicted molar refractivity (Wildman–Crippen MR) is 207 cm³/mol. The van der Waals surface area contributed by atoms with Crippen molar-refractivity contribution in [2.75, 3.05) is 24.5 Å². The Kier molecular flexibility index (Phi) is 11.9. The quantitative estimate of drug-likeness (QED) is 0.179. The lowest BCUT2D eigenvalue weighted by molar-refractivity contribution is 0.0128. The Morgan fingerprint density at radius 3 is 1.82 bits per heavy atom. The lowest BCUT2D eigenvalue weighted by Gasteiger charge is -2.42. The minimum Gasteiger partial charge on any atom is -0.445 e. The third-order valence-corrected chi connectivity index (χ3v) is 10.4.